The molecule has 3 aliphatic rings. The number of amides is 8. The van der Waals surface area contributed by atoms with Crippen molar-refractivity contribution in [3.05, 3.63) is 0 Å². The SMILES string of the molecule is CC(=O)N[C@H]1[C@@H](O[C@H](C)[C@H](NC(=O)CN)C(=O)N[C@H](C(=O)N[C@H](C(=O)NCCC(=O)NCC(=O)O)[C@@H](C)O[C@H]2O[C@H](CO)[C@H](O)[C@H](O)[C@H]2NC(C)=O)[C@@H](C)O[C@H]2O[C@H](CO)[C@H](O)[C@H](O)[C@H]2NC(C)=O)O[C@H](CO)[C@H](O)[C@@H]1O. The number of nitrogens with two attached hydrogens (primary N) is 1. The van der Waals surface area contributed by atoms with Crippen LogP contribution in [0.4, 0.5) is 0 Å². The zero-order valence-electron chi connectivity index (χ0n) is 42.7. The van der Waals surface area contributed by atoms with E-state index in [1.54, 1.807) is 0 Å². The van der Waals surface area contributed by atoms with Gasteiger partial charge in [0, 0.05) is 33.7 Å². The fraction of sp³-hybridized carbons (Fsp3) is 0.791. The number of aliphatic hydroxyl groups excluding tert-OH is 9. The monoisotopic (exact) mass is 1120 g/mol. The average molecular weight is 1120 g/mol. The summed E-state index contributed by atoms with van der Waals surface area (Å²) in [5.74, 6) is -9.46. The van der Waals surface area contributed by atoms with Gasteiger partial charge in [-0.15, -0.1) is 0 Å². The van der Waals surface area contributed by atoms with Crippen molar-refractivity contribution >= 4 is 53.2 Å². The van der Waals surface area contributed by atoms with Gasteiger partial charge >= 0.3 is 5.97 Å². The van der Waals surface area contributed by atoms with Crippen molar-refractivity contribution in [1.29, 1.82) is 0 Å². The molecule has 8 amide bonds. The number of aliphatic carboxylic acids is 1. The number of rotatable bonds is 27. The van der Waals surface area contributed by atoms with Gasteiger partial charge in [0.2, 0.25) is 47.3 Å². The highest BCUT2D eigenvalue weighted by Gasteiger charge is 2.51. The second kappa shape index (κ2) is 30.7. The number of carbonyl (C=O) groups is 9. The first kappa shape index (κ1) is 65.9. The molecule has 3 saturated heterocycles. The van der Waals surface area contributed by atoms with E-state index in [4.69, 9.17) is 39.3 Å². The van der Waals surface area contributed by atoms with Gasteiger partial charge in [-0.1, -0.05) is 0 Å². The Morgan fingerprint density at radius 3 is 1.12 bits per heavy atom. The molecule has 440 valence electrons. The van der Waals surface area contributed by atoms with E-state index >= 15 is 0 Å². The number of ether oxygens (including phenoxy) is 6. The molecule has 21 atom stereocenters. The van der Waals surface area contributed by atoms with Gasteiger partial charge in [-0.2, -0.15) is 0 Å². The first-order valence-electron chi connectivity index (χ1n) is 24.1. The highest BCUT2D eigenvalue weighted by molar-refractivity contribution is 5.95. The molecule has 20 N–H and O–H groups in total. The summed E-state index contributed by atoms with van der Waals surface area (Å²) in [5.41, 5.74) is 5.57. The summed E-state index contributed by atoms with van der Waals surface area (Å²) in [6, 6.07) is -10.9. The van der Waals surface area contributed by atoms with Crippen molar-refractivity contribution in [2.45, 2.75) is 176 Å². The lowest BCUT2D eigenvalue weighted by Gasteiger charge is -2.44. The zero-order valence-corrected chi connectivity index (χ0v) is 42.7. The molecule has 3 rings (SSSR count). The van der Waals surface area contributed by atoms with Gasteiger partial charge in [0.1, 0.15) is 97.7 Å². The molecule has 0 saturated carbocycles. The first-order valence-corrected chi connectivity index (χ1v) is 24.1. The van der Waals surface area contributed by atoms with Gasteiger partial charge in [-0.05, 0) is 20.8 Å². The Labute approximate surface area is 439 Å². The number of hydrogen-bond donors (Lipinski definition) is 19. The van der Waals surface area contributed by atoms with Crippen LogP contribution in [0.3, 0.4) is 0 Å². The smallest absolute Gasteiger partial charge is 0.322 e. The molecule has 0 aliphatic carbocycles. The van der Waals surface area contributed by atoms with Gasteiger partial charge in [0.25, 0.3) is 0 Å². The van der Waals surface area contributed by atoms with E-state index < -0.39 is 227 Å². The van der Waals surface area contributed by atoms with Crippen LogP contribution in [0, 0.1) is 0 Å². The van der Waals surface area contributed by atoms with Crippen LogP contribution in [-0.4, -0.2) is 272 Å². The van der Waals surface area contributed by atoms with Crippen LogP contribution in [-0.2, 0) is 71.6 Å². The van der Waals surface area contributed by atoms with Gasteiger partial charge in [-0.3, -0.25) is 43.2 Å². The average Bonchev–Trinajstić information content (AvgIpc) is 3.36. The Bertz CT molecular complexity index is 2030. The minimum absolute atomic E-state index is 0.526. The lowest BCUT2D eigenvalue weighted by atomic mass is 9.96. The lowest BCUT2D eigenvalue weighted by molar-refractivity contribution is -0.283. The van der Waals surface area contributed by atoms with Crippen molar-refractivity contribution < 1.29 is 123 Å². The fourth-order valence-corrected chi connectivity index (χ4v) is 8.21. The molecule has 0 aromatic rings. The summed E-state index contributed by atoms with van der Waals surface area (Å²) in [6.45, 7) is 1.78. The molecule has 3 fully saturated rings. The minimum Gasteiger partial charge on any atom is -0.480 e. The normalized spacial score (nSPS) is 31.6. The summed E-state index contributed by atoms with van der Waals surface area (Å²) < 4.78 is 34.9. The Hall–Kier alpha value is -5.41. The number of hydrogen-bond acceptors (Lipinski definition) is 25. The number of nitrogens with one attached hydrogen (secondary N) is 8. The molecule has 0 spiro atoms. The number of carboxylic acid groups (broad SMARTS) is 1. The van der Waals surface area contributed by atoms with E-state index in [-0.39, 0.29) is 0 Å². The molecule has 77 heavy (non-hydrogen) atoms. The molecule has 34 nitrogen and oxygen atoms in total. The van der Waals surface area contributed by atoms with Gasteiger partial charge < -0.3 is 128 Å². The minimum atomic E-state index is -2.16. The molecule has 0 aromatic heterocycles. The maximum atomic E-state index is 14.9. The van der Waals surface area contributed by atoms with Crippen molar-refractivity contribution in [1.82, 2.24) is 42.5 Å². The maximum absolute atomic E-state index is 14.9. The van der Waals surface area contributed by atoms with Crippen molar-refractivity contribution in [3.8, 4) is 0 Å². The molecular weight excluding hydrogens is 1040 g/mol. The fourth-order valence-electron chi connectivity index (χ4n) is 8.21. The third-order valence-electron chi connectivity index (χ3n) is 12.2. The maximum Gasteiger partial charge on any atom is 0.322 e. The van der Waals surface area contributed by atoms with E-state index in [9.17, 15) is 89.1 Å². The summed E-state index contributed by atoms with van der Waals surface area (Å²) in [5, 5.41) is 122. The van der Waals surface area contributed by atoms with Crippen molar-refractivity contribution in [3.63, 3.8) is 0 Å². The number of carboxylic acids is 1. The van der Waals surface area contributed by atoms with Crippen LogP contribution in [0.25, 0.3) is 0 Å². The molecule has 0 aromatic carbocycles. The second-order valence-corrected chi connectivity index (χ2v) is 18.3. The summed E-state index contributed by atoms with van der Waals surface area (Å²) in [7, 11) is 0. The Balaban J connectivity index is 2.17. The largest absolute Gasteiger partial charge is 0.480 e. The van der Waals surface area contributed by atoms with Gasteiger partial charge in [0.05, 0.1) is 44.7 Å². The predicted molar refractivity (Wildman–Crippen MR) is 251 cm³/mol. The molecular formula is C43H73N9O25. The van der Waals surface area contributed by atoms with E-state index in [0.29, 0.717) is 0 Å². The van der Waals surface area contributed by atoms with E-state index in [2.05, 4.69) is 42.5 Å². The van der Waals surface area contributed by atoms with Crippen LogP contribution in [0.2, 0.25) is 0 Å². The highest BCUT2D eigenvalue weighted by atomic mass is 16.7. The standard InChI is InChI=1S/C43H73N9O25/c1-14(72-41-29(47-17(4)56)35(66)32(63)20(11-53)75-41)26(38(69)45-8-7-23(59)46-10-25(61)62)51-40(71)28(16(3)74-43-31(49-19(6)58)37(68)34(65)22(13-55)77-43)52-39(70)27(50-24(60)9-44)15(2)73-42-30(48-18(5)57)36(67)33(64)21(12-54)76-42/h14-16,20-22,26-37,41-43,53-55,63-68H,7-13,44H2,1-6H3,(H,45,69)(H,46,59)(H,47,56)(H,48,57)(H,49,58)(H,50,60)(H,51,71)(H,52,70)(H,61,62)/t14-,15-,16-,20-,21-,22-,26+,27+,28+,29-,30-,31-,32+,33+,34+,35-,36-,37-,41+,42+,43+/m1/s1. The van der Waals surface area contributed by atoms with Crippen LogP contribution >= 0.6 is 0 Å². The second-order valence-electron chi connectivity index (χ2n) is 18.3. The topological polar surface area (TPSA) is 534 Å². The van der Waals surface area contributed by atoms with Crippen molar-refractivity contribution in [2.75, 3.05) is 39.5 Å². The Morgan fingerprint density at radius 1 is 0.494 bits per heavy atom. The molecule has 0 unspecified atom stereocenters. The van der Waals surface area contributed by atoms with E-state index in [0.717, 1.165) is 34.6 Å². The third kappa shape index (κ3) is 18.6. The predicted octanol–water partition coefficient (Wildman–Crippen LogP) is -11.8. The molecule has 3 heterocycles. The van der Waals surface area contributed by atoms with Crippen LogP contribution in [0.1, 0.15) is 48.0 Å². The van der Waals surface area contributed by atoms with Gasteiger partial charge in [-0.25, -0.2) is 0 Å². The van der Waals surface area contributed by atoms with Gasteiger partial charge in [0.15, 0.2) is 18.9 Å². The lowest BCUT2D eigenvalue weighted by Crippen LogP contribution is -2.68. The number of carbonyl (C=O) groups excluding carboxylic acids is 8. The summed E-state index contributed by atoms with van der Waals surface area (Å²) in [6.07, 6.45) is -26.7. The first-order chi connectivity index (χ1) is 36.1. The number of aliphatic hydroxyl groups is 9. The highest BCUT2D eigenvalue weighted by Crippen LogP contribution is 2.27. The van der Waals surface area contributed by atoms with Crippen LogP contribution in [0.15, 0.2) is 0 Å². The zero-order chi connectivity index (χ0) is 58.2. The molecule has 0 radical (unpaired) electrons. The van der Waals surface area contributed by atoms with E-state index in [1.807, 2.05) is 0 Å². The third-order valence-corrected chi connectivity index (χ3v) is 12.2. The molecule has 34 heteroatoms. The van der Waals surface area contributed by atoms with E-state index in [1.165, 1.54) is 6.92 Å². The quantitative estimate of drug-likeness (QED) is 0.0363. The van der Waals surface area contributed by atoms with Crippen LogP contribution in [0.5, 0.6) is 0 Å². The Morgan fingerprint density at radius 2 is 0.818 bits per heavy atom. The van der Waals surface area contributed by atoms with Crippen molar-refractivity contribution in [2.24, 2.45) is 5.73 Å². The summed E-state index contributed by atoms with van der Waals surface area (Å²) in [4.78, 5) is 117. The summed E-state index contributed by atoms with van der Waals surface area (Å²) >= 11 is 0. The Kier molecular flexibility index (Phi) is 26.2. The van der Waals surface area contributed by atoms with Crippen LogP contribution < -0.4 is 48.3 Å². The molecule has 0 bridgehead atoms. The molecule has 3 aliphatic heterocycles.